The van der Waals surface area contributed by atoms with Crippen molar-refractivity contribution in [3.05, 3.63) is 58.2 Å². The highest BCUT2D eigenvalue weighted by molar-refractivity contribution is 7.05. The third kappa shape index (κ3) is 4.06. The summed E-state index contributed by atoms with van der Waals surface area (Å²) in [6.45, 7) is -0.279. The number of hydrogen-bond acceptors (Lipinski definition) is 6. The maximum atomic E-state index is 14.1. The molecule has 0 atom stereocenters. The number of halogens is 5. The van der Waals surface area contributed by atoms with Crippen LogP contribution in [-0.2, 0) is 12.8 Å². The van der Waals surface area contributed by atoms with Gasteiger partial charge in [0.1, 0.15) is 23.7 Å². The van der Waals surface area contributed by atoms with Crippen molar-refractivity contribution < 1.29 is 31.5 Å². The van der Waals surface area contributed by atoms with Gasteiger partial charge < -0.3 is 10.5 Å². The van der Waals surface area contributed by atoms with E-state index < -0.39 is 40.6 Å². The number of rotatable bonds is 5. The quantitative estimate of drug-likeness (QED) is 0.642. The molecule has 0 radical (unpaired) electrons. The van der Waals surface area contributed by atoms with Crippen molar-refractivity contribution in [2.75, 3.05) is 0 Å². The summed E-state index contributed by atoms with van der Waals surface area (Å²) in [5.74, 6) is -4.01. The van der Waals surface area contributed by atoms with Crippen LogP contribution in [0.2, 0.25) is 0 Å². The Morgan fingerprint density at radius 3 is 2.54 bits per heavy atom. The molecule has 0 saturated carbocycles. The number of amides is 1. The molecular weight excluding hydrogens is 407 g/mol. The van der Waals surface area contributed by atoms with Crippen LogP contribution in [0.1, 0.15) is 20.9 Å². The van der Waals surface area contributed by atoms with Crippen molar-refractivity contribution in [3.63, 3.8) is 0 Å². The SMILES string of the molecule is NC(=O)c1c(F)ccc(OCc2nc(-c3ccc(C(F)(F)F)cn3)ns2)c1F. The van der Waals surface area contributed by atoms with Gasteiger partial charge in [-0.3, -0.25) is 9.78 Å². The topological polar surface area (TPSA) is 91.0 Å². The van der Waals surface area contributed by atoms with Crippen molar-refractivity contribution in [3.8, 4) is 17.3 Å². The molecule has 146 valence electrons. The van der Waals surface area contributed by atoms with E-state index in [-0.39, 0.29) is 23.1 Å². The Hall–Kier alpha value is -3.15. The maximum Gasteiger partial charge on any atom is 0.417 e. The number of carbonyl (C=O) groups excluding carboxylic acids is 1. The fourth-order valence-electron chi connectivity index (χ4n) is 2.12. The molecule has 0 aliphatic heterocycles. The first kappa shape index (κ1) is 19.6. The Labute approximate surface area is 158 Å². The average molecular weight is 416 g/mol. The van der Waals surface area contributed by atoms with E-state index in [1.165, 1.54) is 0 Å². The van der Waals surface area contributed by atoms with Gasteiger partial charge in [-0.2, -0.15) is 17.5 Å². The molecule has 0 saturated heterocycles. The van der Waals surface area contributed by atoms with E-state index in [1.807, 2.05) is 0 Å². The van der Waals surface area contributed by atoms with Gasteiger partial charge in [0.05, 0.1) is 5.56 Å². The summed E-state index contributed by atoms with van der Waals surface area (Å²) >= 11 is 0.856. The first-order valence-electron chi connectivity index (χ1n) is 7.43. The first-order chi connectivity index (χ1) is 13.2. The Morgan fingerprint density at radius 1 is 1.18 bits per heavy atom. The predicted molar refractivity (Wildman–Crippen MR) is 87.3 cm³/mol. The zero-order valence-corrected chi connectivity index (χ0v) is 14.4. The number of carbonyl (C=O) groups is 1. The van der Waals surface area contributed by atoms with E-state index in [4.69, 9.17) is 10.5 Å². The van der Waals surface area contributed by atoms with E-state index in [0.717, 1.165) is 35.8 Å². The number of benzene rings is 1. The number of nitrogens with two attached hydrogens (primary N) is 1. The minimum Gasteiger partial charge on any atom is -0.483 e. The molecule has 0 aliphatic carbocycles. The molecule has 12 heteroatoms. The van der Waals surface area contributed by atoms with E-state index in [9.17, 15) is 26.7 Å². The molecule has 3 aromatic rings. The van der Waals surface area contributed by atoms with Gasteiger partial charge >= 0.3 is 6.18 Å². The van der Waals surface area contributed by atoms with Crippen LogP contribution in [0.25, 0.3) is 11.5 Å². The lowest BCUT2D eigenvalue weighted by Crippen LogP contribution is -2.16. The van der Waals surface area contributed by atoms with Crippen LogP contribution in [0.3, 0.4) is 0 Å². The second-order valence-corrected chi connectivity index (χ2v) is 6.17. The van der Waals surface area contributed by atoms with Crippen molar-refractivity contribution in [1.82, 2.24) is 14.3 Å². The average Bonchev–Trinajstić information content (AvgIpc) is 3.09. The molecule has 0 fully saturated rings. The van der Waals surface area contributed by atoms with Gasteiger partial charge in [0.2, 0.25) is 0 Å². The second-order valence-electron chi connectivity index (χ2n) is 5.33. The lowest BCUT2D eigenvalue weighted by Gasteiger charge is -2.08. The molecule has 2 N–H and O–H groups in total. The summed E-state index contributed by atoms with van der Waals surface area (Å²) in [6, 6.07) is 3.78. The zero-order valence-electron chi connectivity index (χ0n) is 13.6. The minimum absolute atomic E-state index is 0.0646. The van der Waals surface area contributed by atoms with Gasteiger partial charge in [0.25, 0.3) is 5.91 Å². The standard InChI is InChI=1S/C16H9F5N4O2S/c17-8-2-4-10(13(18)12(8)14(22)26)27-6-11-24-15(25-28-11)9-3-1-7(5-23-9)16(19,20)21/h1-5H,6H2,(H2,22,26). The lowest BCUT2D eigenvalue weighted by atomic mass is 10.2. The van der Waals surface area contributed by atoms with Gasteiger partial charge in [-0.25, -0.2) is 13.8 Å². The molecule has 28 heavy (non-hydrogen) atoms. The van der Waals surface area contributed by atoms with Gasteiger partial charge in [-0.15, -0.1) is 0 Å². The third-order valence-corrected chi connectivity index (χ3v) is 4.13. The number of pyridine rings is 1. The van der Waals surface area contributed by atoms with Crippen molar-refractivity contribution in [1.29, 1.82) is 0 Å². The molecular formula is C16H9F5N4O2S. The van der Waals surface area contributed by atoms with Crippen molar-refractivity contribution in [2.24, 2.45) is 5.73 Å². The third-order valence-electron chi connectivity index (χ3n) is 3.44. The number of nitrogens with zero attached hydrogens (tertiary/aromatic N) is 3. The molecule has 0 aliphatic rings. The number of ether oxygens (including phenoxy) is 1. The van der Waals surface area contributed by atoms with Crippen LogP contribution in [0, 0.1) is 11.6 Å². The van der Waals surface area contributed by atoms with Crippen LogP contribution in [0.5, 0.6) is 5.75 Å². The minimum atomic E-state index is -4.51. The molecule has 6 nitrogen and oxygen atoms in total. The fraction of sp³-hybridized carbons (Fsp3) is 0.125. The van der Waals surface area contributed by atoms with Crippen LogP contribution in [0.4, 0.5) is 22.0 Å². The van der Waals surface area contributed by atoms with Gasteiger partial charge in [0, 0.05) is 6.20 Å². The van der Waals surface area contributed by atoms with Crippen molar-refractivity contribution >= 4 is 17.4 Å². The molecule has 0 unspecified atom stereocenters. The van der Waals surface area contributed by atoms with E-state index in [1.54, 1.807) is 0 Å². The second kappa shape index (κ2) is 7.46. The van der Waals surface area contributed by atoms with Gasteiger partial charge in [0.15, 0.2) is 22.4 Å². The zero-order chi connectivity index (χ0) is 20.5. The van der Waals surface area contributed by atoms with Crippen LogP contribution >= 0.6 is 11.5 Å². The number of aromatic nitrogens is 3. The summed E-state index contributed by atoms with van der Waals surface area (Å²) < 4.78 is 74.3. The summed E-state index contributed by atoms with van der Waals surface area (Å²) in [5.41, 5.74) is 3.20. The molecule has 3 rings (SSSR count). The number of primary amides is 1. The summed E-state index contributed by atoms with van der Waals surface area (Å²) in [7, 11) is 0. The Bertz CT molecular complexity index is 1020. The van der Waals surface area contributed by atoms with Gasteiger partial charge in [-0.05, 0) is 35.8 Å². The Morgan fingerprint density at radius 2 is 1.93 bits per heavy atom. The van der Waals surface area contributed by atoms with Gasteiger partial charge in [-0.1, -0.05) is 0 Å². The lowest BCUT2D eigenvalue weighted by molar-refractivity contribution is -0.137. The van der Waals surface area contributed by atoms with E-state index >= 15 is 0 Å². The smallest absolute Gasteiger partial charge is 0.417 e. The normalized spacial score (nSPS) is 11.5. The molecule has 1 aromatic carbocycles. The molecule has 1 amide bonds. The molecule has 2 heterocycles. The monoisotopic (exact) mass is 416 g/mol. The predicted octanol–water partition coefficient (Wildman–Crippen LogP) is 3.58. The summed E-state index contributed by atoms with van der Waals surface area (Å²) in [5, 5.41) is 0.251. The van der Waals surface area contributed by atoms with E-state index in [0.29, 0.717) is 6.20 Å². The highest BCUT2D eigenvalue weighted by Crippen LogP contribution is 2.29. The Balaban J connectivity index is 1.74. The Kier molecular flexibility index (Phi) is 5.23. The van der Waals surface area contributed by atoms with Crippen LogP contribution in [0.15, 0.2) is 30.5 Å². The molecule has 2 aromatic heterocycles. The fourth-order valence-corrected chi connectivity index (χ4v) is 2.69. The molecule has 0 spiro atoms. The largest absolute Gasteiger partial charge is 0.483 e. The van der Waals surface area contributed by atoms with Crippen molar-refractivity contribution in [2.45, 2.75) is 12.8 Å². The summed E-state index contributed by atoms with van der Waals surface area (Å²) in [4.78, 5) is 18.8. The number of alkyl halides is 3. The van der Waals surface area contributed by atoms with Crippen LogP contribution in [-0.4, -0.2) is 20.2 Å². The maximum absolute atomic E-state index is 14.1. The summed E-state index contributed by atoms with van der Waals surface area (Å²) in [6.07, 6.45) is -3.85. The highest BCUT2D eigenvalue weighted by atomic mass is 32.1. The van der Waals surface area contributed by atoms with E-state index in [2.05, 4.69) is 14.3 Å². The highest BCUT2D eigenvalue weighted by Gasteiger charge is 2.30. The van der Waals surface area contributed by atoms with Crippen LogP contribution < -0.4 is 10.5 Å². The number of hydrogen-bond donors (Lipinski definition) is 1. The first-order valence-corrected chi connectivity index (χ1v) is 8.21. The molecule has 0 bridgehead atoms.